The lowest BCUT2D eigenvalue weighted by molar-refractivity contribution is 0.0785. The fourth-order valence-electron chi connectivity index (χ4n) is 2.90. The van der Waals surface area contributed by atoms with Crippen LogP contribution in [0.15, 0.2) is 78.6 Å². The zero-order valence-corrected chi connectivity index (χ0v) is 15.6. The lowest BCUT2D eigenvalue weighted by Gasteiger charge is -2.16. The number of pyridine rings is 1. The predicted molar refractivity (Wildman–Crippen MR) is 107 cm³/mol. The molecule has 0 bridgehead atoms. The molecule has 0 aliphatic rings. The molecule has 0 fully saturated rings. The van der Waals surface area contributed by atoms with Crippen molar-refractivity contribution in [1.82, 2.24) is 19.7 Å². The average molecular weight is 374 g/mol. The molecule has 0 atom stereocenters. The first-order valence-corrected chi connectivity index (χ1v) is 9.43. The van der Waals surface area contributed by atoms with Crippen molar-refractivity contribution in [3.05, 3.63) is 89.7 Å². The maximum absolute atomic E-state index is 12.7. The summed E-state index contributed by atoms with van der Waals surface area (Å²) >= 11 is 1.64. The zero-order valence-electron chi connectivity index (χ0n) is 14.8. The molecule has 4 rings (SSSR count). The van der Waals surface area contributed by atoms with E-state index in [2.05, 4.69) is 11.1 Å². The van der Waals surface area contributed by atoms with Gasteiger partial charge in [-0.05, 0) is 35.7 Å². The van der Waals surface area contributed by atoms with Crippen LogP contribution in [0.5, 0.6) is 0 Å². The number of hydrogen-bond donors (Lipinski definition) is 0. The Morgan fingerprint density at radius 3 is 2.56 bits per heavy atom. The first-order valence-electron chi connectivity index (χ1n) is 8.56. The molecule has 1 amide bonds. The summed E-state index contributed by atoms with van der Waals surface area (Å²) in [5.41, 5.74) is 3.53. The fourth-order valence-corrected chi connectivity index (χ4v) is 3.65. The van der Waals surface area contributed by atoms with Crippen LogP contribution in [-0.4, -0.2) is 32.6 Å². The average Bonchev–Trinajstić information content (AvgIpc) is 3.38. The summed E-state index contributed by atoms with van der Waals surface area (Å²) in [5, 5.41) is 6.82. The molecule has 0 radical (unpaired) electrons. The Morgan fingerprint density at radius 1 is 1.07 bits per heavy atom. The van der Waals surface area contributed by atoms with Gasteiger partial charge in [0.15, 0.2) is 0 Å². The van der Waals surface area contributed by atoms with Crippen molar-refractivity contribution in [1.29, 1.82) is 0 Å². The molecular weight excluding hydrogens is 356 g/mol. The molecule has 0 aliphatic heterocycles. The molecule has 3 heterocycles. The highest BCUT2D eigenvalue weighted by molar-refractivity contribution is 7.13. The minimum atomic E-state index is -0.0398. The van der Waals surface area contributed by atoms with E-state index >= 15 is 0 Å². The number of carbonyl (C=O) groups is 1. The molecular formula is C21H18N4OS. The number of rotatable bonds is 5. The standard InChI is InChI=1S/C21H18N4OS/c1-24(21(26)16-9-11-22-12-10-16)14-17-15-25(18-6-3-2-4-7-18)23-20(17)19-8-5-13-27-19/h2-13,15H,14H2,1H3. The van der Waals surface area contributed by atoms with Gasteiger partial charge in [0, 0.05) is 43.3 Å². The molecule has 5 nitrogen and oxygen atoms in total. The number of para-hydroxylation sites is 1. The van der Waals surface area contributed by atoms with E-state index < -0.39 is 0 Å². The van der Waals surface area contributed by atoms with Gasteiger partial charge in [0.25, 0.3) is 5.91 Å². The van der Waals surface area contributed by atoms with E-state index in [1.807, 2.05) is 52.7 Å². The monoisotopic (exact) mass is 374 g/mol. The van der Waals surface area contributed by atoms with Gasteiger partial charge in [-0.1, -0.05) is 24.3 Å². The van der Waals surface area contributed by atoms with Gasteiger partial charge < -0.3 is 4.90 Å². The van der Waals surface area contributed by atoms with Crippen LogP contribution in [0.4, 0.5) is 0 Å². The molecule has 0 unspecified atom stereocenters. The molecule has 0 saturated carbocycles. The summed E-state index contributed by atoms with van der Waals surface area (Å²) in [6.45, 7) is 0.473. The van der Waals surface area contributed by atoms with Crippen LogP contribution in [0.25, 0.3) is 16.3 Å². The van der Waals surface area contributed by atoms with Gasteiger partial charge in [-0.15, -0.1) is 11.3 Å². The van der Waals surface area contributed by atoms with Crippen LogP contribution >= 0.6 is 11.3 Å². The van der Waals surface area contributed by atoms with Crippen LogP contribution in [0, 0.1) is 0 Å². The third-order valence-electron chi connectivity index (χ3n) is 4.25. The van der Waals surface area contributed by atoms with Crippen molar-refractivity contribution in [2.75, 3.05) is 7.05 Å². The first kappa shape index (κ1) is 17.2. The van der Waals surface area contributed by atoms with Crippen molar-refractivity contribution < 1.29 is 4.79 Å². The summed E-state index contributed by atoms with van der Waals surface area (Å²) in [6.07, 6.45) is 5.26. The number of amides is 1. The van der Waals surface area contributed by atoms with Gasteiger partial charge in [-0.25, -0.2) is 4.68 Å². The maximum atomic E-state index is 12.7. The first-order chi connectivity index (χ1) is 13.2. The van der Waals surface area contributed by atoms with E-state index in [0.717, 1.165) is 21.8 Å². The predicted octanol–water partition coefficient (Wildman–Crippen LogP) is 4.27. The topological polar surface area (TPSA) is 51.0 Å². The molecule has 27 heavy (non-hydrogen) atoms. The van der Waals surface area contributed by atoms with Crippen LogP contribution in [-0.2, 0) is 6.54 Å². The summed E-state index contributed by atoms with van der Waals surface area (Å²) in [6, 6.07) is 17.5. The Balaban J connectivity index is 1.67. The third-order valence-corrected chi connectivity index (χ3v) is 5.12. The summed E-state index contributed by atoms with van der Waals surface area (Å²) < 4.78 is 1.87. The van der Waals surface area contributed by atoms with Gasteiger partial charge in [0.1, 0.15) is 5.69 Å². The molecule has 1 aromatic carbocycles. The number of hydrogen-bond acceptors (Lipinski definition) is 4. The Morgan fingerprint density at radius 2 is 1.85 bits per heavy atom. The van der Waals surface area contributed by atoms with Crippen LogP contribution in [0.2, 0.25) is 0 Å². The molecule has 0 spiro atoms. The highest BCUT2D eigenvalue weighted by atomic mass is 32.1. The normalized spacial score (nSPS) is 10.7. The highest BCUT2D eigenvalue weighted by Gasteiger charge is 2.18. The van der Waals surface area contributed by atoms with Crippen LogP contribution < -0.4 is 0 Å². The fraction of sp³-hybridized carbons (Fsp3) is 0.0952. The lowest BCUT2D eigenvalue weighted by Crippen LogP contribution is -2.26. The maximum Gasteiger partial charge on any atom is 0.254 e. The zero-order chi connectivity index (χ0) is 18.6. The van der Waals surface area contributed by atoms with Crippen LogP contribution in [0.1, 0.15) is 15.9 Å². The number of carbonyl (C=O) groups excluding carboxylic acids is 1. The largest absolute Gasteiger partial charge is 0.337 e. The second-order valence-corrected chi connectivity index (χ2v) is 7.11. The van der Waals surface area contributed by atoms with Gasteiger partial charge in [-0.2, -0.15) is 5.10 Å². The Bertz CT molecular complexity index is 1030. The van der Waals surface area contributed by atoms with E-state index in [1.165, 1.54) is 0 Å². The summed E-state index contributed by atoms with van der Waals surface area (Å²) in [4.78, 5) is 19.5. The SMILES string of the molecule is CN(Cc1cn(-c2ccccc2)nc1-c1cccs1)C(=O)c1ccncc1. The molecule has 6 heteroatoms. The minimum absolute atomic E-state index is 0.0398. The third kappa shape index (κ3) is 3.66. The Labute approximate surface area is 161 Å². The molecule has 0 saturated heterocycles. The molecule has 3 aromatic heterocycles. The molecule has 4 aromatic rings. The number of thiophene rings is 1. The van der Waals surface area contributed by atoms with Crippen molar-refractivity contribution in [2.45, 2.75) is 6.54 Å². The lowest BCUT2D eigenvalue weighted by atomic mass is 10.2. The smallest absolute Gasteiger partial charge is 0.254 e. The van der Waals surface area contributed by atoms with Gasteiger partial charge >= 0.3 is 0 Å². The van der Waals surface area contributed by atoms with E-state index in [4.69, 9.17) is 5.10 Å². The van der Waals surface area contributed by atoms with E-state index in [-0.39, 0.29) is 5.91 Å². The Kier molecular flexibility index (Phi) is 4.80. The number of nitrogens with zero attached hydrogens (tertiary/aromatic N) is 4. The quantitative estimate of drug-likeness (QED) is 0.524. The van der Waals surface area contributed by atoms with Gasteiger partial charge in [0.05, 0.1) is 10.6 Å². The second-order valence-electron chi connectivity index (χ2n) is 6.16. The van der Waals surface area contributed by atoms with Crippen molar-refractivity contribution in [3.8, 4) is 16.3 Å². The molecule has 134 valence electrons. The van der Waals surface area contributed by atoms with Crippen LogP contribution in [0.3, 0.4) is 0 Å². The van der Waals surface area contributed by atoms with E-state index in [0.29, 0.717) is 12.1 Å². The van der Waals surface area contributed by atoms with Crippen molar-refractivity contribution in [3.63, 3.8) is 0 Å². The summed E-state index contributed by atoms with van der Waals surface area (Å²) in [7, 11) is 1.81. The summed E-state index contributed by atoms with van der Waals surface area (Å²) in [5.74, 6) is -0.0398. The van der Waals surface area contributed by atoms with E-state index in [1.54, 1.807) is 47.8 Å². The molecule has 0 N–H and O–H groups in total. The second kappa shape index (κ2) is 7.55. The number of aromatic nitrogens is 3. The Hall–Kier alpha value is -3.25. The van der Waals surface area contributed by atoms with Crippen molar-refractivity contribution in [2.24, 2.45) is 0 Å². The van der Waals surface area contributed by atoms with E-state index in [9.17, 15) is 4.79 Å². The minimum Gasteiger partial charge on any atom is -0.337 e. The highest BCUT2D eigenvalue weighted by Crippen LogP contribution is 2.28. The number of benzene rings is 1. The van der Waals surface area contributed by atoms with Gasteiger partial charge in [-0.3, -0.25) is 9.78 Å². The van der Waals surface area contributed by atoms with Crippen molar-refractivity contribution >= 4 is 17.2 Å². The van der Waals surface area contributed by atoms with Gasteiger partial charge in [0.2, 0.25) is 0 Å². The molecule has 0 aliphatic carbocycles.